The zero-order chi connectivity index (χ0) is 7.82. The SMILES string of the molecule is CO.OCC1CCOCC1. The molecule has 3 heteroatoms. The van der Waals surface area contributed by atoms with Crippen molar-refractivity contribution < 1.29 is 14.9 Å². The Bertz CT molecular complexity index is 59.9. The van der Waals surface area contributed by atoms with Crippen LogP contribution in [-0.4, -0.2) is 37.1 Å². The molecular formula is C7H16O3. The summed E-state index contributed by atoms with van der Waals surface area (Å²) in [5.41, 5.74) is 0. The Morgan fingerprint density at radius 3 is 2.10 bits per heavy atom. The molecule has 62 valence electrons. The van der Waals surface area contributed by atoms with Crippen LogP contribution in [0.5, 0.6) is 0 Å². The molecule has 10 heavy (non-hydrogen) atoms. The summed E-state index contributed by atoms with van der Waals surface area (Å²) in [6, 6.07) is 0. The first-order valence-corrected chi connectivity index (χ1v) is 3.57. The van der Waals surface area contributed by atoms with Crippen molar-refractivity contribution in [1.29, 1.82) is 0 Å². The number of rotatable bonds is 1. The van der Waals surface area contributed by atoms with Crippen molar-refractivity contribution in [3.8, 4) is 0 Å². The van der Waals surface area contributed by atoms with Crippen LogP contribution in [-0.2, 0) is 4.74 Å². The summed E-state index contributed by atoms with van der Waals surface area (Å²) in [7, 11) is 1.00. The van der Waals surface area contributed by atoms with Crippen molar-refractivity contribution in [2.75, 3.05) is 26.9 Å². The van der Waals surface area contributed by atoms with Crippen LogP contribution in [0.4, 0.5) is 0 Å². The average molecular weight is 148 g/mol. The van der Waals surface area contributed by atoms with Crippen molar-refractivity contribution in [2.45, 2.75) is 12.8 Å². The molecule has 0 radical (unpaired) electrons. The highest BCUT2D eigenvalue weighted by molar-refractivity contribution is 4.60. The Balaban J connectivity index is 0.000000371. The van der Waals surface area contributed by atoms with E-state index in [-0.39, 0.29) is 0 Å². The van der Waals surface area contributed by atoms with E-state index in [0.717, 1.165) is 33.2 Å². The Labute approximate surface area is 61.6 Å². The second-order valence-corrected chi connectivity index (χ2v) is 2.24. The van der Waals surface area contributed by atoms with E-state index < -0.39 is 0 Å². The average Bonchev–Trinajstić information content (AvgIpc) is 2.10. The summed E-state index contributed by atoms with van der Waals surface area (Å²) in [6.07, 6.45) is 2.08. The minimum absolute atomic E-state index is 0.337. The van der Waals surface area contributed by atoms with Gasteiger partial charge in [0, 0.05) is 26.9 Å². The summed E-state index contributed by atoms with van der Waals surface area (Å²) in [5.74, 6) is 0.517. The van der Waals surface area contributed by atoms with Crippen LogP contribution in [0.1, 0.15) is 12.8 Å². The van der Waals surface area contributed by atoms with Gasteiger partial charge in [0.25, 0.3) is 0 Å². The molecule has 0 amide bonds. The number of aliphatic hydroxyl groups excluding tert-OH is 2. The van der Waals surface area contributed by atoms with Crippen LogP contribution < -0.4 is 0 Å². The molecule has 0 aliphatic carbocycles. The Kier molecular flexibility index (Phi) is 6.91. The summed E-state index contributed by atoms with van der Waals surface area (Å²) in [5, 5.41) is 15.6. The zero-order valence-electron chi connectivity index (χ0n) is 6.42. The van der Waals surface area contributed by atoms with Gasteiger partial charge in [-0.3, -0.25) is 0 Å². The lowest BCUT2D eigenvalue weighted by atomic mass is 10.0. The van der Waals surface area contributed by atoms with E-state index in [2.05, 4.69) is 0 Å². The van der Waals surface area contributed by atoms with E-state index in [1.165, 1.54) is 0 Å². The molecule has 1 aliphatic rings. The zero-order valence-corrected chi connectivity index (χ0v) is 6.42. The molecular weight excluding hydrogens is 132 g/mol. The van der Waals surface area contributed by atoms with Gasteiger partial charge in [-0.2, -0.15) is 0 Å². The Hall–Kier alpha value is -0.120. The molecule has 1 rings (SSSR count). The molecule has 2 N–H and O–H groups in total. The van der Waals surface area contributed by atoms with Crippen molar-refractivity contribution in [2.24, 2.45) is 5.92 Å². The lowest BCUT2D eigenvalue weighted by Crippen LogP contribution is -2.18. The molecule has 1 saturated heterocycles. The molecule has 0 unspecified atom stereocenters. The summed E-state index contributed by atoms with van der Waals surface area (Å²) < 4.78 is 5.09. The van der Waals surface area contributed by atoms with E-state index >= 15 is 0 Å². The molecule has 0 aromatic heterocycles. The lowest BCUT2D eigenvalue weighted by Gasteiger charge is -2.18. The van der Waals surface area contributed by atoms with Gasteiger partial charge >= 0.3 is 0 Å². The van der Waals surface area contributed by atoms with Gasteiger partial charge in [-0.05, 0) is 18.8 Å². The third kappa shape index (κ3) is 3.82. The highest BCUT2D eigenvalue weighted by atomic mass is 16.5. The summed E-state index contributed by atoms with van der Waals surface area (Å²) in [6.45, 7) is 2.01. The molecule has 0 saturated carbocycles. The van der Waals surface area contributed by atoms with Crippen LogP contribution in [0.2, 0.25) is 0 Å². The van der Waals surface area contributed by atoms with Crippen LogP contribution in [0, 0.1) is 5.92 Å². The first-order valence-electron chi connectivity index (χ1n) is 3.57. The standard InChI is InChI=1S/C6H12O2.CH4O/c7-5-6-1-3-8-4-2-6;1-2/h6-7H,1-5H2;2H,1H3. The number of aliphatic hydroxyl groups is 2. The van der Waals surface area contributed by atoms with Gasteiger partial charge in [0.05, 0.1) is 0 Å². The molecule has 0 aromatic carbocycles. The highest BCUT2D eigenvalue weighted by Crippen LogP contribution is 2.12. The smallest absolute Gasteiger partial charge is 0.0469 e. The van der Waals surface area contributed by atoms with Gasteiger partial charge in [0.15, 0.2) is 0 Å². The highest BCUT2D eigenvalue weighted by Gasteiger charge is 2.11. The molecule has 1 aliphatic heterocycles. The van der Waals surface area contributed by atoms with Crippen molar-refractivity contribution in [3.63, 3.8) is 0 Å². The van der Waals surface area contributed by atoms with Crippen molar-refractivity contribution in [3.05, 3.63) is 0 Å². The summed E-state index contributed by atoms with van der Waals surface area (Å²) in [4.78, 5) is 0. The minimum Gasteiger partial charge on any atom is -0.400 e. The van der Waals surface area contributed by atoms with Crippen LogP contribution in [0.25, 0.3) is 0 Å². The number of ether oxygens (including phenoxy) is 1. The monoisotopic (exact) mass is 148 g/mol. The lowest BCUT2D eigenvalue weighted by molar-refractivity contribution is 0.0455. The van der Waals surface area contributed by atoms with E-state index in [1.54, 1.807) is 0 Å². The van der Waals surface area contributed by atoms with Crippen molar-refractivity contribution >= 4 is 0 Å². The van der Waals surface area contributed by atoms with E-state index in [0.29, 0.717) is 12.5 Å². The molecule has 0 atom stereocenters. The largest absolute Gasteiger partial charge is 0.400 e. The van der Waals surface area contributed by atoms with Crippen LogP contribution >= 0.6 is 0 Å². The fourth-order valence-corrected chi connectivity index (χ4v) is 0.929. The number of hydrogen-bond donors (Lipinski definition) is 2. The van der Waals surface area contributed by atoms with Gasteiger partial charge in [-0.1, -0.05) is 0 Å². The molecule has 0 bridgehead atoms. The maximum Gasteiger partial charge on any atom is 0.0469 e. The number of hydrogen-bond acceptors (Lipinski definition) is 3. The van der Waals surface area contributed by atoms with Crippen LogP contribution in [0.3, 0.4) is 0 Å². The predicted molar refractivity (Wildman–Crippen MR) is 38.8 cm³/mol. The van der Waals surface area contributed by atoms with E-state index in [9.17, 15) is 0 Å². The normalized spacial score (nSPS) is 19.5. The van der Waals surface area contributed by atoms with Crippen molar-refractivity contribution in [1.82, 2.24) is 0 Å². The summed E-state index contributed by atoms with van der Waals surface area (Å²) >= 11 is 0. The van der Waals surface area contributed by atoms with Gasteiger partial charge in [0.1, 0.15) is 0 Å². The second-order valence-electron chi connectivity index (χ2n) is 2.24. The maximum absolute atomic E-state index is 8.64. The predicted octanol–water partition coefficient (Wildman–Crippen LogP) is 0.0138. The maximum atomic E-state index is 8.64. The second kappa shape index (κ2) is 6.99. The minimum atomic E-state index is 0.337. The fraction of sp³-hybridized carbons (Fsp3) is 1.00. The Morgan fingerprint density at radius 1 is 1.30 bits per heavy atom. The third-order valence-electron chi connectivity index (χ3n) is 1.60. The van der Waals surface area contributed by atoms with Gasteiger partial charge in [0.2, 0.25) is 0 Å². The van der Waals surface area contributed by atoms with Crippen LogP contribution in [0.15, 0.2) is 0 Å². The first kappa shape index (κ1) is 9.88. The van der Waals surface area contributed by atoms with Gasteiger partial charge in [-0.25, -0.2) is 0 Å². The Morgan fingerprint density at radius 2 is 1.80 bits per heavy atom. The first-order chi connectivity index (χ1) is 4.93. The van der Waals surface area contributed by atoms with Gasteiger partial charge < -0.3 is 14.9 Å². The molecule has 0 aromatic rings. The van der Waals surface area contributed by atoms with Gasteiger partial charge in [-0.15, -0.1) is 0 Å². The van der Waals surface area contributed by atoms with E-state index in [4.69, 9.17) is 14.9 Å². The van der Waals surface area contributed by atoms with E-state index in [1.807, 2.05) is 0 Å². The fourth-order valence-electron chi connectivity index (χ4n) is 0.929. The topological polar surface area (TPSA) is 49.7 Å². The molecule has 3 nitrogen and oxygen atoms in total. The molecule has 0 spiro atoms. The third-order valence-corrected chi connectivity index (χ3v) is 1.60. The molecule has 1 heterocycles. The quantitative estimate of drug-likeness (QED) is 0.551. The molecule has 1 fully saturated rings.